The first-order valence-corrected chi connectivity index (χ1v) is 6.96. The Balaban J connectivity index is 2.13. The number of aromatic nitrogens is 2. The molecule has 2 heteroatoms. The minimum atomic E-state index is 0.738. The normalized spacial score (nSPS) is 10.3. The lowest BCUT2D eigenvalue weighted by molar-refractivity contribution is 1.06. The third kappa shape index (κ3) is 3.06. The lowest BCUT2D eigenvalue weighted by atomic mass is 10.1. The maximum atomic E-state index is 4.71. The van der Waals surface area contributed by atoms with Gasteiger partial charge in [0.1, 0.15) is 0 Å². The molecule has 0 aliphatic carbocycles. The Labute approximate surface area is 124 Å². The van der Waals surface area contributed by atoms with E-state index in [9.17, 15) is 0 Å². The minimum absolute atomic E-state index is 0.738. The van der Waals surface area contributed by atoms with Crippen LogP contribution in [0, 0.1) is 0 Å². The summed E-state index contributed by atoms with van der Waals surface area (Å²) in [5, 5.41) is 0. The van der Waals surface area contributed by atoms with Gasteiger partial charge in [0.15, 0.2) is 5.82 Å². The summed E-state index contributed by atoms with van der Waals surface area (Å²) in [4.78, 5) is 9.35. The number of allylic oxidation sites excluding steroid dienone is 1. The molecule has 2 nitrogen and oxygen atoms in total. The van der Waals surface area contributed by atoms with Crippen LogP contribution in [0.3, 0.4) is 0 Å². The van der Waals surface area contributed by atoms with Crippen LogP contribution in [0.1, 0.15) is 5.69 Å². The molecule has 1 aromatic heterocycles. The second kappa shape index (κ2) is 6.14. The lowest BCUT2D eigenvalue weighted by Gasteiger charge is -2.07. The molecule has 0 unspecified atom stereocenters. The molecular formula is C19H16N2. The van der Waals surface area contributed by atoms with Crippen molar-refractivity contribution in [3.05, 3.63) is 85.1 Å². The molecule has 0 aliphatic rings. The molecule has 0 aliphatic heterocycles. The van der Waals surface area contributed by atoms with Gasteiger partial charge in [0.25, 0.3) is 0 Å². The molecule has 0 amide bonds. The van der Waals surface area contributed by atoms with Gasteiger partial charge in [0.05, 0.1) is 5.69 Å². The van der Waals surface area contributed by atoms with Crippen LogP contribution >= 0.6 is 0 Å². The second-order valence-corrected chi connectivity index (χ2v) is 4.79. The van der Waals surface area contributed by atoms with Crippen molar-refractivity contribution in [3.8, 4) is 22.6 Å². The summed E-state index contributed by atoms with van der Waals surface area (Å²) >= 11 is 0. The van der Waals surface area contributed by atoms with E-state index < -0.39 is 0 Å². The van der Waals surface area contributed by atoms with Crippen molar-refractivity contribution in [2.75, 3.05) is 0 Å². The zero-order valence-electron chi connectivity index (χ0n) is 11.7. The SMILES string of the molecule is C=CCc1cc(-c2ccccc2)nc(-c2ccccc2)n1. The highest BCUT2D eigenvalue weighted by Gasteiger charge is 2.07. The van der Waals surface area contributed by atoms with Crippen molar-refractivity contribution in [1.82, 2.24) is 9.97 Å². The van der Waals surface area contributed by atoms with Gasteiger partial charge in [-0.15, -0.1) is 6.58 Å². The molecule has 0 fully saturated rings. The predicted molar refractivity (Wildman–Crippen MR) is 86.8 cm³/mol. The second-order valence-electron chi connectivity index (χ2n) is 4.79. The summed E-state index contributed by atoms with van der Waals surface area (Å²) in [5.74, 6) is 0.758. The van der Waals surface area contributed by atoms with Gasteiger partial charge in [-0.05, 0) is 6.07 Å². The number of hydrogen-bond donors (Lipinski definition) is 0. The van der Waals surface area contributed by atoms with Crippen LogP contribution in [0.5, 0.6) is 0 Å². The third-order valence-corrected chi connectivity index (χ3v) is 3.23. The van der Waals surface area contributed by atoms with E-state index in [1.807, 2.05) is 60.7 Å². The molecule has 3 aromatic rings. The maximum Gasteiger partial charge on any atom is 0.160 e. The van der Waals surface area contributed by atoms with Gasteiger partial charge in [-0.3, -0.25) is 0 Å². The Morgan fingerprint density at radius 2 is 1.43 bits per heavy atom. The minimum Gasteiger partial charge on any atom is -0.233 e. The largest absolute Gasteiger partial charge is 0.233 e. The lowest BCUT2D eigenvalue weighted by Crippen LogP contribution is -1.97. The molecule has 0 spiro atoms. The fourth-order valence-electron chi connectivity index (χ4n) is 2.22. The van der Waals surface area contributed by atoms with Crippen LogP contribution in [0.25, 0.3) is 22.6 Å². The molecule has 21 heavy (non-hydrogen) atoms. The molecule has 0 radical (unpaired) electrons. The molecule has 0 N–H and O–H groups in total. The maximum absolute atomic E-state index is 4.71. The van der Waals surface area contributed by atoms with Crippen molar-refractivity contribution in [1.29, 1.82) is 0 Å². The quantitative estimate of drug-likeness (QED) is 0.652. The van der Waals surface area contributed by atoms with Crippen LogP contribution in [0.2, 0.25) is 0 Å². The Morgan fingerprint density at radius 3 is 2.05 bits per heavy atom. The number of benzene rings is 2. The smallest absolute Gasteiger partial charge is 0.160 e. The van der Waals surface area contributed by atoms with E-state index in [0.29, 0.717) is 0 Å². The standard InChI is InChI=1S/C19H16N2/c1-2-9-17-14-18(15-10-5-3-6-11-15)21-19(20-17)16-12-7-4-8-13-16/h2-8,10-14H,1,9H2. The predicted octanol–water partition coefficient (Wildman–Crippen LogP) is 4.54. The van der Waals surface area contributed by atoms with E-state index in [0.717, 1.165) is 34.8 Å². The first-order chi connectivity index (χ1) is 10.4. The summed E-state index contributed by atoms with van der Waals surface area (Å²) < 4.78 is 0. The summed E-state index contributed by atoms with van der Waals surface area (Å²) in [7, 11) is 0. The summed E-state index contributed by atoms with van der Waals surface area (Å²) in [6.07, 6.45) is 2.61. The number of rotatable bonds is 4. The highest BCUT2D eigenvalue weighted by atomic mass is 14.9. The van der Waals surface area contributed by atoms with E-state index in [-0.39, 0.29) is 0 Å². The number of nitrogens with zero attached hydrogens (tertiary/aromatic N) is 2. The zero-order valence-corrected chi connectivity index (χ0v) is 11.7. The van der Waals surface area contributed by atoms with Crippen molar-refractivity contribution in [3.63, 3.8) is 0 Å². The fourth-order valence-corrected chi connectivity index (χ4v) is 2.22. The Hall–Kier alpha value is -2.74. The Morgan fingerprint density at radius 1 is 0.810 bits per heavy atom. The van der Waals surface area contributed by atoms with Crippen LogP contribution in [0.4, 0.5) is 0 Å². The first kappa shape index (κ1) is 13.3. The van der Waals surface area contributed by atoms with E-state index in [1.165, 1.54) is 0 Å². The first-order valence-electron chi connectivity index (χ1n) is 6.96. The van der Waals surface area contributed by atoms with Crippen molar-refractivity contribution < 1.29 is 0 Å². The topological polar surface area (TPSA) is 25.8 Å². The van der Waals surface area contributed by atoms with Crippen molar-refractivity contribution in [2.24, 2.45) is 0 Å². The summed E-state index contributed by atoms with van der Waals surface area (Å²) in [6.45, 7) is 3.80. The molecule has 2 aromatic carbocycles. The Bertz CT molecular complexity index is 676. The van der Waals surface area contributed by atoms with E-state index in [4.69, 9.17) is 4.98 Å². The highest BCUT2D eigenvalue weighted by Crippen LogP contribution is 2.22. The van der Waals surface area contributed by atoms with Gasteiger partial charge in [-0.1, -0.05) is 66.7 Å². The summed E-state index contributed by atoms with van der Waals surface area (Å²) in [6, 6.07) is 22.3. The van der Waals surface area contributed by atoms with Crippen LogP contribution in [-0.2, 0) is 6.42 Å². The van der Waals surface area contributed by atoms with E-state index in [2.05, 4.69) is 23.7 Å². The van der Waals surface area contributed by atoms with Gasteiger partial charge < -0.3 is 0 Å². The Kier molecular flexibility index (Phi) is 3.88. The molecule has 0 bridgehead atoms. The van der Waals surface area contributed by atoms with Gasteiger partial charge in [0, 0.05) is 23.2 Å². The van der Waals surface area contributed by atoms with Gasteiger partial charge in [-0.2, -0.15) is 0 Å². The highest BCUT2D eigenvalue weighted by molar-refractivity contribution is 5.64. The monoisotopic (exact) mass is 272 g/mol. The molecule has 3 rings (SSSR count). The van der Waals surface area contributed by atoms with Gasteiger partial charge >= 0.3 is 0 Å². The molecule has 0 atom stereocenters. The van der Waals surface area contributed by atoms with Crippen LogP contribution in [0.15, 0.2) is 79.4 Å². The average molecular weight is 272 g/mol. The molecule has 1 heterocycles. The zero-order chi connectivity index (χ0) is 14.5. The van der Waals surface area contributed by atoms with Crippen molar-refractivity contribution in [2.45, 2.75) is 6.42 Å². The molecule has 0 saturated carbocycles. The average Bonchev–Trinajstić information content (AvgIpc) is 2.56. The molecule has 102 valence electrons. The number of hydrogen-bond acceptors (Lipinski definition) is 2. The van der Waals surface area contributed by atoms with E-state index in [1.54, 1.807) is 0 Å². The summed E-state index contributed by atoms with van der Waals surface area (Å²) in [5.41, 5.74) is 4.06. The fraction of sp³-hybridized carbons (Fsp3) is 0.0526. The van der Waals surface area contributed by atoms with E-state index >= 15 is 0 Å². The van der Waals surface area contributed by atoms with Crippen LogP contribution < -0.4 is 0 Å². The van der Waals surface area contributed by atoms with Gasteiger partial charge in [0.2, 0.25) is 0 Å². The third-order valence-electron chi connectivity index (χ3n) is 3.23. The molecule has 0 saturated heterocycles. The van der Waals surface area contributed by atoms with Crippen molar-refractivity contribution >= 4 is 0 Å². The van der Waals surface area contributed by atoms with Crippen LogP contribution in [-0.4, -0.2) is 9.97 Å². The van der Waals surface area contributed by atoms with Gasteiger partial charge in [-0.25, -0.2) is 9.97 Å². The molecular weight excluding hydrogens is 256 g/mol.